The minimum absolute atomic E-state index is 0.379. The molecule has 0 aliphatic heterocycles. The molecule has 0 aliphatic rings. The van der Waals surface area contributed by atoms with E-state index in [4.69, 9.17) is 0 Å². The van der Waals surface area contributed by atoms with Crippen LogP contribution >= 0.6 is 15.9 Å². The summed E-state index contributed by atoms with van der Waals surface area (Å²) >= 11 is 3.38. The molecule has 3 rings (SSSR count). The van der Waals surface area contributed by atoms with Crippen LogP contribution in [0.2, 0.25) is 0 Å². The molecule has 0 radical (unpaired) electrons. The predicted molar refractivity (Wildman–Crippen MR) is 86.6 cm³/mol. The molecule has 6 heteroatoms. The first kappa shape index (κ1) is 15.8. The van der Waals surface area contributed by atoms with Crippen LogP contribution in [0.15, 0.2) is 60.8 Å². The van der Waals surface area contributed by atoms with E-state index in [9.17, 15) is 13.2 Å². The van der Waals surface area contributed by atoms with Crippen LogP contribution in [0, 0.1) is 0 Å². The van der Waals surface area contributed by atoms with Crippen molar-refractivity contribution in [2.45, 2.75) is 11.5 Å². The van der Waals surface area contributed by atoms with Crippen molar-refractivity contribution in [3.63, 3.8) is 0 Å². The molecule has 23 heavy (non-hydrogen) atoms. The summed E-state index contributed by atoms with van der Waals surface area (Å²) in [5, 5.41) is 4.92. The average molecular weight is 381 g/mol. The maximum atomic E-state index is 12.9. The number of hydrogen-bond donors (Lipinski definition) is 0. The van der Waals surface area contributed by atoms with E-state index in [0.29, 0.717) is 11.0 Å². The van der Waals surface area contributed by atoms with Crippen molar-refractivity contribution < 1.29 is 13.2 Å². The van der Waals surface area contributed by atoms with Crippen molar-refractivity contribution >= 4 is 15.9 Å². The van der Waals surface area contributed by atoms with Gasteiger partial charge < -0.3 is 0 Å². The summed E-state index contributed by atoms with van der Waals surface area (Å²) < 4.78 is 40.1. The Balaban J connectivity index is 2.07. The first-order valence-electron chi connectivity index (χ1n) is 6.86. The molecular weight excluding hydrogens is 369 g/mol. The maximum absolute atomic E-state index is 12.9. The second-order valence-corrected chi connectivity index (χ2v) is 5.54. The van der Waals surface area contributed by atoms with E-state index in [1.54, 1.807) is 12.3 Å². The van der Waals surface area contributed by atoms with Gasteiger partial charge in [0.05, 0.1) is 16.9 Å². The molecule has 1 aromatic heterocycles. The Hall–Kier alpha value is -2.08. The van der Waals surface area contributed by atoms with Crippen LogP contribution in [0.1, 0.15) is 11.3 Å². The maximum Gasteiger partial charge on any atom is 0.416 e. The fourth-order valence-corrected chi connectivity index (χ4v) is 2.74. The van der Waals surface area contributed by atoms with Gasteiger partial charge in [0, 0.05) is 17.1 Å². The fourth-order valence-electron chi connectivity index (χ4n) is 2.32. The molecule has 0 aliphatic carbocycles. The van der Waals surface area contributed by atoms with Gasteiger partial charge in [-0.3, -0.25) is 0 Å². The SMILES string of the molecule is FC(F)(F)c1cccc(-n2cc(-c3ccccc3)c(CBr)n2)c1. The summed E-state index contributed by atoms with van der Waals surface area (Å²) in [5.41, 5.74) is 2.32. The number of nitrogens with zero attached hydrogens (tertiary/aromatic N) is 2. The van der Waals surface area contributed by atoms with Crippen molar-refractivity contribution in [3.05, 3.63) is 72.1 Å². The lowest BCUT2D eigenvalue weighted by Gasteiger charge is -2.08. The third kappa shape index (κ3) is 3.32. The molecule has 0 unspecified atom stereocenters. The number of aromatic nitrogens is 2. The quantitative estimate of drug-likeness (QED) is 0.552. The Bertz CT molecular complexity index is 810. The smallest absolute Gasteiger partial charge is 0.240 e. The third-order valence-electron chi connectivity index (χ3n) is 3.44. The van der Waals surface area contributed by atoms with E-state index < -0.39 is 11.7 Å². The van der Waals surface area contributed by atoms with Crippen LogP contribution < -0.4 is 0 Å². The highest BCUT2D eigenvalue weighted by Gasteiger charge is 2.30. The number of rotatable bonds is 3. The van der Waals surface area contributed by atoms with Gasteiger partial charge >= 0.3 is 6.18 Å². The normalized spacial score (nSPS) is 11.7. The Labute approximate surface area is 139 Å². The van der Waals surface area contributed by atoms with Crippen LogP contribution in [0.3, 0.4) is 0 Å². The van der Waals surface area contributed by atoms with Crippen LogP contribution in [-0.4, -0.2) is 9.78 Å². The highest BCUT2D eigenvalue weighted by Crippen LogP contribution is 2.31. The average Bonchev–Trinajstić information content (AvgIpc) is 2.99. The molecule has 3 aromatic rings. The zero-order valence-corrected chi connectivity index (χ0v) is 13.5. The van der Waals surface area contributed by atoms with Crippen molar-refractivity contribution in [1.29, 1.82) is 0 Å². The van der Waals surface area contributed by atoms with Gasteiger partial charge in [-0.05, 0) is 23.8 Å². The summed E-state index contributed by atoms with van der Waals surface area (Å²) in [6.07, 6.45) is -2.62. The van der Waals surface area contributed by atoms with E-state index in [-0.39, 0.29) is 0 Å². The Morgan fingerprint density at radius 2 is 1.74 bits per heavy atom. The standard InChI is InChI=1S/C17H12BrF3N2/c18-10-16-15(12-5-2-1-3-6-12)11-23(22-16)14-8-4-7-13(9-14)17(19,20)21/h1-9,11H,10H2. The molecule has 118 valence electrons. The van der Waals surface area contributed by atoms with Crippen LogP contribution in [0.4, 0.5) is 13.2 Å². The van der Waals surface area contributed by atoms with Crippen LogP contribution in [0.25, 0.3) is 16.8 Å². The third-order valence-corrected chi connectivity index (χ3v) is 3.97. The molecule has 0 atom stereocenters. The van der Waals surface area contributed by atoms with E-state index in [1.807, 2.05) is 30.3 Å². The van der Waals surface area contributed by atoms with Gasteiger partial charge in [0.25, 0.3) is 0 Å². The zero-order chi connectivity index (χ0) is 16.4. The molecule has 2 nitrogen and oxygen atoms in total. The Morgan fingerprint density at radius 1 is 1.00 bits per heavy atom. The minimum atomic E-state index is -4.37. The van der Waals surface area contributed by atoms with E-state index in [2.05, 4.69) is 21.0 Å². The van der Waals surface area contributed by atoms with Gasteiger partial charge in [0.15, 0.2) is 0 Å². The van der Waals surface area contributed by atoms with Crippen LogP contribution in [-0.2, 0) is 11.5 Å². The van der Waals surface area contributed by atoms with Crippen LogP contribution in [0.5, 0.6) is 0 Å². The number of benzene rings is 2. The van der Waals surface area contributed by atoms with Gasteiger partial charge in [-0.1, -0.05) is 52.3 Å². The topological polar surface area (TPSA) is 17.8 Å². The largest absolute Gasteiger partial charge is 0.416 e. The van der Waals surface area contributed by atoms with Crippen molar-refractivity contribution in [2.24, 2.45) is 0 Å². The summed E-state index contributed by atoms with van der Waals surface area (Å²) in [5.74, 6) is 0. The molecule has 2 aromatic carbocycles. The first-order chi connectivity index (χ1) is 11.0. The monoisotopic (exact) mass is 380 g/mol. The van der Waals surface area contributed by atoms with Crippen molar-refractivity contribution in [3.8, 4) is 16.8 Å². The van der Waals surface area contributed by atoms with Gasteiger partial charge in [-0.15, -0.1) is 0 Å². The first-order valence-corrected chi connectivity index (χ1v) is 7.99. The van der Waals surface area contributed by atoms with Gasteiger partial charge in [-0.25, -0.2) is 4.68 Å². The van der Waals surface area contributed by atoms with Crippen molar-refractivity contribution in [1.82, 2.24) is 9.78 Å². The Kier molecular flexibility index (Phi) is 4.26. The van der Waals surface area contributed by atoms with Gasteiger partial charge in [-0.2, -0.15) is 18.3 Å². The second-order valence-electron chi connectivity index (χ2n) is 4.98. The molecule has 0 spiro atoms. The number of hydrogen-bond acceptors (Lipinski definition) is 1. The summed E-state index contributed by atoms with van der Waals surface area (Å²) in [6.45, 7) is 0. The minimum Gasteiger partial charge on any atom is -0.240 e. The second kappa shape index (κ2) is 6.20. The molecule has 0 fully saturated rings. The summed E-state index contributed by atoms with van der Waals surface area (Å²) in [6, 6.07) is 14.8. The molecule has 0 bridgehead atoms. The molecule has 0 saturated carbocycles. The lowest BCUT2D eigenvalue weighted by molar-refractivity contribution is -0.137. The van der Waals surface area contributed by atoms with Gasteiger partial charge in [0.2, 0.25) is 0 Å². The van der Waals surface area contributed by atoms with E-state index in [0.717, 1.165) is 29.0 Å². The number of halogens is 4. The summed E-state index contributed by atoms with van der Waals surface area (Å²) in [4.78, 5) is 0. The molecule has 0 N–H and O–H groups in total. The van der Waals surface area contributed by atoms with E-state index in [1.165, 1.54) is 10.7 Å². The highest BCUT2D eigenvalue weighted by molar-refractivity contribution is 9.08. The zero-order valence-electron chi connectivity index (χ0n) is 11.9. The van der Waals surface area contributed by atoms with E-state index >= 15 is 0 Å². The fraction of sp³-hybridized carbons (Fsp3) is 0.118. The predicted octanol–water partition coefficient (Wildman–Crippen LogP) is 5.45. The van der Waals surface area contributed by atoms with Crippen molar-refractivity contribution in [2.75, 3.05) is 0 Å². The Morgan fingerprint density at radius 3 is 2.39 bits per heavy atom. The molecule has 1 heterocycles. The molecule has 0 amide bonds. The highest BCUT2D eigenvalue weighted by atomic mass is 79.9. The number of alkyl halides is 4. The summed E-state index contributed by atoms with van der Waals surface area (Å²) in [7, 11) is 0. The lowest BCUT2D eigenvalue weighted by Crippen LogP contribution is -2.06. The van der Waals surface area contributed by atoms with Gasteiger partial charge in [0.1, 0.15) is 0 Å². The molecular formula is C17H12BrF3N2. The molecule has 0 saturated heterocycles. The lowest BCUT2D eigenvalue weighted by atomic mass is 10.1.